The third-order valence-electron chi connectivity index (χ3n) is 5.04. The van der Waals surface area contributed by atoms with Crippen LogP contribution in [0.5, 0.6) is 0 Å². The monoisotopic (exact) mass is 377 g/mol. The number of halogens is 1. The van der Waals surface area contributed by atoms with Gasteiger partial charge in [-0.25, -0.2) is 4.39 Å². The minimum Gasteiger partial charge on any atom is -0.311 e. The number of rotatable bonds is 2. The molecule has 0 saturated carbocycles. The molecule has 0 aliphatic rings. The van der Waals surface area contributed by atoms with Crippen molar-refractivity contribution in [2.24, 2.45) is 5.41 Å². The second-order valence-electron chi connectivity index (χ2n) is 8.59. The van der Waals surface area contributed by atoms with Crippen molar-refractivity contribution in [3.05, 3.63) is 60.2 Å². The van der Waals surface area contributed by atoms with E-state index in [0.29, 0.717) is 5.69 Å². The largest absolute Gasteiger partial charge is 0.311 e. The van der Waals surface area contributed by atoms with Crippen LogP contribution in [0.2, 0.25) is 0 Å². The predicted octanol–water partition coefficient (Wildman–Crippen LogP) is 5.93. The lowest BCUT2D eigenvalue weighted by Crippen LogP contribution is -2.27. The van der Waals surface area contributed by atoms with Crippen LogP contribution in [0.3, 0.4) is 0 Å². The van der Waals surface area contributed by atoms with Crippen LogP contribution in [0.15, 0.2) is 48.7 Å². The van der Waals surface area contributed by atoms with E-state index in [4.69, 9.17) is 0 Å². The quantitative estimate of drug-likeness (QED) is 0.434. The van der Waals surface area contributed by atoms with Crippen molar-refractivity contribution in [2.75, 3.05) is 0 Å². The van der Waals surface area contributed by atoms with Crippen molar-refractivity contribution in [1.29, 1.82) is 0 Å². The molecule has 2 aromatic carbocycles. The minimum absolute atomic E-state index is 0.0560. The molecule has 144 valence electrons. The van der Waals surface area contributed by atoms with E-state index in [1.807, 2.05) is 43.5 Å². The summed E-state index contributed by atoms with van der Waals surface area (Å²) in [4.78, 5) is 12.8. The highest BCUT2D eigenvalue weighted by Crippen LogP contribution is 2.33. The van der Waals surface area contributed by atoms with Crippen molar-refractivity contribution < 1.29 is 9.18 Å². The molecule has 0 atom stereocenters. The molecule has 0 fully saturated rings. The number of carbonyl (C=O) groups excluding carboxylic acids is 1. The Labute approximate surface area is 163 Å². The molecule has 0 bridgehead atoms. The summed E-state index contributed by atoms with van der Waals surface area (Å²) < 4.78 is 18.0. The van der Waals surface area contributed by atoms with Crippen molar-refractivity contribution in [1.82, 2.24) is 14.3 Å². The molecule has 0 aliphatic heterocycles. The van der Waals surface area contributed by atoms with Crippen molar-refractivity contribution in [3.8, 4) is 5.69 Å². The summed E-state index contributed by atoms with van der Waals surface area (Å²) in [5.74, 6) is -0.108. The molecule has 0 aliphatic carbocycles. The van der Waals surface area contributed by atoms with Crippen LogP contribution in [0.25, 0.3) is 27.5 Å². The van der Waals surface area contributed by atoms with Gasteiger partial charge in [-0.1, -0.05) is 46.8 Å². The zero-order valence-electron chi connectivity index (χ0n) is 16.8. The predicted molar refractivity (Wildman–Crippen MR) is 111 cm³/mol. The third-order valence-corrected chi connectivity index (χ3v) is 5.04. The maximum Gasteiger partial charge on any atom is 0.252 e. The summed E-state index contributed by atoms with van der Waals surface area (Å²) in [6.45, 7) is 9.83. The fourth-order valence-corrected chi connectivity index (χ4v) is 3.56. The summed E-state index contributed by atoms with van der Waals surface area (Å²) in [6, 6.07) is 12.8. The maximum atomic E-state index is 14.6. The summed E-state index contributed by atoms with van der Waals surface area (Å²) in [7, 11) is 0. The zero-order chi connectivity index (χ0) is 20.2. The third kappa shape index (κ3) is 2.82. The highest BCUT2D eigenvalue weighted by molar-refractivity contribution is 6.01. The molecule has 5 heteroatoms. The van der Waals surface area contributed by atoms with Gasteiger partial charge in [0.15, 0.2) is 0 Å². The highest BCUT2D eigenvalue weighted by Gasteiger charge is 2.26. The fourth-order valence-electron chi connectivity index (χ4n) is 3.56. The van der Waals surface area contributed by atoms with Crippen molar-refractivity contribution >= 4 is 27.7 Å². The summed E-state index contributed by atoms with van der Waals surface area (Å²) in [5, 5.41) is 6.14. The Morgan fingerprint density at radius 3 is 2.36 bits per heavy atom. The van der Waals surface area contributed by atoms with Gasteiger partial charge in [0.1, 0.15) is 5.82 Å². The van der Waals surface area contributed by atoms with Gasteiger partial charge in [-0.2, -0.15) is 9.78 Å². The standard InChI is InChI=1S/C23H24FN3O/c1-14(2)19-10-15-11-21-16(13-25-27(21)22(28)23(3,4)5)12-20(15)26(19)18-9-7-6-8-17(18)24/h6-14H,1-5H3. The Morgan fingerprint density at radius 1 is 1.04 bits per heavy atom. The first-order valence-electron chi connectivity index (χ1n) is 9.51. The van der Waals surface area contributed by atoms with Crippen molar-refractivity contribution in [2.45, 2.75) is 40.5 Å². The lowest BCUT2D eigenvalue weighted by molar-refractivity contribution is 0.0755. The zero-order valence-corrected chi connectivity index (χ0v) is 16.8. The van der Waals surface area contributed by atoms with E-state index in [1.54, 1.807) is 18.3 Å². The van der Waals surface area contributed by atoms with Crippen LogP contribution in [-0.4, -0.2) is 20.3 Å². The minimum atomic E-state index is -0.532. The molecule has 0 N–H and O–H groups in total. The molecule has 4 nitrogen and oxygen atoms in total. The molecule has 4 aromatic rings. The number of para-hydroxylation sites is 1. The lowest BCUT2D eigenvalue weighted by Gasteiger charge is -2.16. The first-order chi connectivity index (χ1) is 13.2. The second kappa shape index (κ2) is 6.30. The number of fused-ring (bicyclic) bond motifs is 2. The molecule has 0 unspecified atom stereocenters. The Bertz CT molecular complexity index is 1210. The van der Waals surface area contributed by atoms with Gasteiger partial charge >= 0.3 is 0 Å². The maximum absolute atomic E-state index is 14.6. The Hall–Kier alpha value is -2.95. The Balaban J connectivity index is 2.03. The van der Waals surface area contributed by atoms with Gasteiger partial charge in [-0.15, -0.1) is 0 Å². The SMILES string of the molecule is CC(C)c1cc2cc3c(cnn3C(=O)C(C)(C)C)cc2n1-c1ccccc1F. The first kappa shape index (κ1) is 18.4. The number of benzene rings is 2. The van der Waals surface area contributed by atoms with Gasteiger partial charge in [0, 0.05) is 21.9 Å². The van der Waals surface area contributed by atoms with Crippen LogP contribution in [0.4, 0.5) is 4.39 Å². The molecule has 4 rings (SSSR count). The van der Waals surface area contributed by atoms with E-state index in [0.717, 1.165) is 27.5 Å². The molecular weight excluding hydrogens is 353 g/mol. The van der Waals surface area contributed by atoms with E-state index < -0.39 is 5.41 Å². The fraction of sp³-hybridized carbons (Fsp3) is 0.304. The average Bonchev–Trinajstić information content (AvgIpc) is 3.19. The molecule has 28 heavy (non-hydrogen) atoms. The van der Waals surface area contributed by atoms with Crippen LogP contribution in [0.1, 0.15) is 51.0 Å². The Morgan fingerprint density at radius 2 is 1.71 bits per heavy atom. The highest BCUT2D eigenvalue weighted by atomic mass is 19.1. The molecular formula is C23H24FN3O. The summed E-state index contributed by atoms with van der Waals surface area (Å²) >= 11 is 0. The number of carbonyl (C=O) groups is 1. The van der Waals surface area contributed by atoms with E-state index in [-0.39, 0.29) is 17.6 Å². The average molecular weight is 377 g/mol. The number of hydrogen-bond donors (Lipinski definition) is 0. The van der Waals surface area contributed by atoms with E-state index in [1.165, 1.54) is 10.7 Å². The first-order valence-corrected chi connectivity index (χ1v) is 9.51. The molecule has 2 heterocycles. The molecule has 2 aromatic heterocycles. The number of hydrogen-bond acceptors (Lipinski definition) is 2. The van der Waals surface area contributed by atoms with Gasteiger partial charge in [0.25, 0.3) is 5.91 Å². The summed E-state index contributed by atoms with van der Waals surface area (Å²) in [6.07, 6.45) is 1.70. The van der Waals surface area contributed by atoms with Crippen LogP contribution < -0.4 is 0 Å². The van der Waals surface area contributed by atoms with Gasteiger partial charge in [0.05, 0.1) is 22.9 Å². The van der Waals surface area contributed by atoms with Gasteiger partial charge in [-0.3, -0.25) is 4.79 Å². The number of nitrogens with zero attached hydrogens (tertiary/aromatic N) is 3. The smallest absolute Gasteiger partial charge is 0.252 e. The van der Waals surface area contributed by atoms with E-state index >= 15 is 0 Å². The van der Waals surface area contributed by atoms with Gasteiger partial charge < -0.3 is 4.57 Å². The van der Waals surface area contributed by atoms with Crippen LogP contribution in [0, 0.1) is 11.2 Å². The van der Waals surface area contributed by atoms with Crippen LogP contribution in [-0.2, 0) is 0 Å². The van der Waals surface area contributed by atoms with Crippen LogP contribution >= 0.6 is 0 Å². The van der Waals surface area contributed by atoms with Gasteiger partial charge in [-0.05, 0) is 36.2 Å². The van der Waals surface area contributed by atoms with E-state index in [9.17, 15) is 9.18 Å². The lowest BCUT2D eigenvalue weighted by atomic mass is 9.96. The molecule has 0 amide bonds. The van der Waals surface area contributed by atoms with E-state index in [2.05, 4.69) is 25.0 Å². The normalized spacial score (nSPS) is 12.4. The molecule has 0 radical (unpaired) electrons. The number of aromatic nitrogens is 3. The molecule has 0 saturated heterocycles. The topological polar surface area (TPSA) is 39.8 Å². The second-order valence-corrected chi connectivity index (χ2v) is 8.59. The molecule has 0 spiro atoms. The Kier molecular flexibility index (Phi) is 4.14. The summed E-state index contributed by atoms with van der Waals surface area (Å²) in [5.41, 5.74) is 2.70. The van der Waals surface area contributed by atoms with Crippen molar-refractivity contribution in [3.63, 3.8) is 0 Å². The van der Waals surface area contributed by atoms with Gasteiger partial charge in [0.2, 0.25) is 0 Å².